The van der Waals surface area contributed by atoms with E-state index in [1.54, 1.807) is 12.1 Å². The summed E-state index contributed by atoms with van der Waals surface area (Å²) >= 11 is 7.97. The summed E-state index contributed by atoms with van der Waals surface area (Å²) in [6.45, 7) is 2.33. The molecule has 0 unspecified atom stereocenters. The summed E-state index contributed by atoms with van der Waals surface area (Å²) in [5.74, 6) is 1.10. The van der Waals surface area contributed by atoms with Crippen molar-refractivity contribution in [2.45, 2.75) is 17.8 Å². The Morgan fingerprint density at radius 1 is 1.32 bits per heavy atom. The summed E-state index contributed by atoms with van der Waals surface area (Å²) in [6, 6.07) is 7.24. The lowest BCUT2D eigenvalue weighted by Crippen LogP contribution is -2.45. The Morgan fingerprint density at radius 3 is 2.68 bits per heavy atom. The summed E-state index contributed by atoms with van der Waals surface area (Å²) in [6.07, 6.45) is 1.82. The van der Waals surface area contributed by atoms with Gasteiger partial charge in [0.25, 0.3) is 5.91 Å². The average Bonchev–Trinajstić information content (AvgIpc) is 2.88. The monoisotopic (exact) mass is 297 g/mol. The fraction of sp³-hybridized carbons (Fsp3) is 0.500. The highest BCUT2D eigenvalue weighted by Gasteiger charge is 2.40. The van der Waals surface area contributed by atoms with Gasteiger partial charge in [0.05, 0.1) is 17.2 Å². The number of carbonyl (C=O) groups excluding carboxylic acids is 1. The Morgan fingerprint density at radius 2 is 2.05 bits per heavy atom. The molecule has 1 aromatic rings. The first-order valence-corrected chi connectivity index (χ1v) is 7.88. The van der Waals surface area contributed by atoms with Crippen molar-refractivity contribution in [1.29, 1.82) is 0 Å². The third-order valence-electron chi connectivity index (χ3n) is 3.73. The number of thioether (sulfide) groups is 1. The number of ether oxygens (including phenoxy) is 1. The molecule has 1 spiro atoms. The van der Waals surface area contributed by atoms with Crippen LogP contribution in [-0.2, 0) is 4.74 Å². The molecule has 1 amide bonds. The largest absolute Gasteiger partial charge is 0.363 e. The normalized spacial score (nSPS) is 21.8. The van der Waals surface area contributed by atoms with Crippen LogP contribution < -0.4 is 0 Å². The third kappa shape index (κ3) is 2.62. The minimum absolute atomic E-state index is 0.0305. The summed E-state index contributed by atoms with van der Waals surface area (Å²) < 4.78 is 5.84. The first-order chi connectivity index (χ1) is 9.20. The van der Waals surface area contributed by atoms with Crippen LogP contribution in [0.15, 0.2) is 24.3 Å². The number of halogens is 1. The van der Waals surface area contributed by atoms with Gasteiger partial charge in [-0.2, -0.15) is 0 Å². The minimum Gasteiger partial charge on any atom is -0.363 e. The van der Waals surface area contributed by atoms with Crippen molar-refractivity contribution in [3.8, 4) is 0 Å². The first kappa shape index (κ1) is 13.3. The zero-order valence-electron chi connectivity index (χ0n) is 10.6. The molecule has 0 atom stereocenters. The zero-order valence-corrected chi connectivity index (χ0v) is 12.2. The van der Waals surface area contributed by atoms with Gasteiger partial charge in [-0.05, 0) is 12.1 Å². The summed E-state index contributed by atoms with van der Waals surface area (Å²) in [5, 5.41) is 0.527. The maximum absolute atomic E-state index is 12.4. The van der Waals surface area contributed by atoms with E-state index in [0.717, 1.165) is 38.3 Å². The number of hydrogen-bond donors (Lipinski definition) is 0. The topological polar surface area (TPSA) is 29.5 Å². The second-order valence-corrected chi connectivity index (χ2v) is 6.73. The highest BCUT2D eigenvalue weighted by atomic mass is 35.5. The van der Waals surface area contributed by atoms with Gasteiger partial charge in [0, 0.05) is 31.7 Å². The number of rotatable bonds is 1. The van der Waals surface area contributed by atoms with Crippen LogP contribution in [-0.4, -0.2) is 41.2 Å². The molecule has 5 heteroatoms. The van der Waals surface area contributed by atoms with Gasteiger partial charge in [-0.25, -0.2) is 0 Å². The number of amides is 1. The average molecular weight is 298 g/mol. The summed E-state index contributed by atoms with van der Waals surface area (Å²) in [5.41, 5.74) is 0.597. The summed E-state index contributed by atoms with van der Waals surface area (Å²) in [4.78, 5) is 14.3. The molecule has 102 valence electrons. The molecule has 2 aliphatic heterocycles. The van der Waals surface area contributed by atoms with Crippen molar-refractivity contribution < 1.29 is 9.53 Å². The predicted octanol–water partition coefficient (Wildman–Crippen LogP) is 3.04. The Kier molecular flexibility index (Phi) is 3.74. The molecule has 2 aliphatic rings. The van der Waals surface area contributed by atoms with Crippen LogP contribution in [0, 0.1) is 0 Å². The number of nitrogens with zero attached hydrogens (tertiary/aromatic N) is 1. The van der Waals surface area contributed by atoms with Gasteiger partial charge < -0.3 is 9.64 Å². The molecule has 2 saturated heterocycles. The van der Waals surface area contributed by atoms with Crippen molar-refractivity contribution in [2.75, 3.05) is 25.4 Å². The van der Waals surface area contributed by atoms with Crippen LogP contribution >= 0.6 is 23.4 Å². The van der Waals surface area contributed by atoms with Gasteiger partial charge in [-0.15, -0.1) is 11.8 Å². The first-order valence-electron chi connectivity index (χ1n) is 6.52. The zero-order chi connectivity index (χ0) is 13.3. The Balaban J connectivity index is 1.68. The molecule has 1 aromatic carbocycles. The smallest absolute Gasteiger partial charge is 0.255 e. The highest BCUT2D eigenvalue weighted by molar-refractivity contribution is 8.00. The SMILES string of the molecule is O=C(c1ccccc1Cl)N1CCC2(CC1)OCCS2. The maximum atomic E-state index is 12.4. The Hall–Kier alpha value is -0.710. The fourth-order valence-corrected chi connectivity index (χ4v) is 4.03. The number of hydrogen-bond acceptors (Lipinski definition) is 3. The fourth-order valence-electron chi connectivity index (χ4n) is 2.64. The predicted molar refractivity (Wildman–Crippen MR) is 77.7 cm³/mol. The van der Waals surface area contributed by atoms with E-state index in [1.165, 1.54) is 0 Å². The molecular weight excluding hydrogens is 282 g/mol. The molecule has 2 fully saturated rings. The van der Waals surface area contributed by atoms with Gasteiger partial charge >= 0.3 is 0 Å². The van der Waals surface area contributed by atoms with Gasteiger partial charge in [-0.3, -0.25) is 4.79 Å². The number of benzene rings is 1. The molecule has 0 N–H and O–H groups in total. The van der Waals surface area contributed by atoms with Gasteiger partial charge in [0.1, 0.15) is 4.93 Å². The van der Waals surface area contributed by atoms with Crippen LogP contribution in [0.1, 0.15) is 23.2 Å². The van der Waals surface area contributed by atoms with Crippen molar-refractivity contribution in [3.63, 3.8) is 0 Å². The van der Waals surface area contributed by atoms with Gasteiger partial charge in [0.15, 0.2) is 0 Å². The van der Waals surface area contributed by atoms with E-state index in [1.807, 2.05) is 28.8 Å². The van der Waals surface area contributed by atoms with Crippen LogP contribution in [0.2, 0.25) is 5.02 Å². The molecule has 19 heavy (non-hydrogen) atoms. The van der Waals surface area contributed by atoms with E-state index in [0.29, 0.717) is 10.6 Å². The number of piperidine rings is 1. The minimum atomic E-state index is -0.0305. The quantitative estimate of drug-likeness (QED) is 0.798. The van der Waals surface area contributed by atoms with Crippen molar-refractivity contribution in [3.05, 3.63) is 34.9 Å². The van der Waals surface area contributed by atoms with Crippen LogP contribution in [0.25, 0.3) is 0 Å². The second-order valence-electron chi connectivity index (χ2n) is 4.88. The van der Waals surface area contributed by atoms with Crippen LogP contribution in [0.3, 0.4) is 0 Å². The lowest BCUT2D eigenvalue weighted by atomic mass is 10.1. The van der Waals surface area contributed by atoms with E-state index in [9.17, 15) is 4.79 Å². The Bertz CT molecular complexity index is 478. The molecular formula is C14H16ClNO2S. The summed E-state index contributed by atoms with van der Waals surface area (Å²) in [7, 11) is 0. The lowest BCUT2D eigenvalue weighted by molar-refractivity contribution is 0.00353. The van der Waals surface area contributed by atoms with E-state index < -0.39 is 0 Å². The molecule has 0 aliphatic carbocycles. The molecule has 0 saturated carbocycles. The standard InChI is InChI=1S/C14H16ClNO2S/c15-12-4-2-1-3-11(12)13(17)16-7-5-14(6-8-16)18-9-10-19-14/h1-4H,5-10H2. The molecule has 2 heterocycles. The van der Waals surface area contributed by atoms with E-state index in [2.05, 4.69) is 0 Å². The molecule has 0 radical (unpaired) electrons. The maximum Gasteiger partial charge on any atom is 0.255 e. The Labute approximate surface area is 122 Å². The second kappa shape index (κ2) is 5.35. The van der Waals surface area contributed by atoms with Gasteiger partial charge in [-0.1, -0.05) is 23.7 Å². The van der Waals surface area contributed by atoms with Crippen molar-refractivity contribution in [1.82, 2.24) is 4.90 Å². The highest BCUT2D eigenvalue weighted by Crippen LogP contribution is 2.41. The van der Waals surface area contributed by atoms with Crippen LogP contribution in [0.5, 0.6) is 0 Å². The molecule has 3 nitrogen and oxygen atoms in total. The van der Waals surface area contributed by atoms with E-state index in [4.69, 9.17) is 16.3 Å². The van der Waals surface area contributed by atoms with Crippen molar-refractivity contribution in [2.24, 2.45) is 0 Å². The van der Waals surface area contributed by atoms with E-state index >= 15 is 0 Å². The van der Waals surface area contributed by atoms with Crippen molar-refractivity contribution >= 4 is 29.3 Å². The van der Waals surface area contributed by atoms with Gasteiger partial charge in [0.2, 0.25) is 0 Å². The number of carbonyl (C=O) groups is 1. The third-order valence-corrected chi connectivity index (χ3v) is 5.48. The molecule has 3 rings (SSSR count). The van der Waals surface area contributed by atoms with Crippen LogP contribution in [0.4, 0.5) is 0 Å². The van der Waals surface area contributed by atoms with E-state index in [-0.39, 0.29) is 10.8 Å². The molecule has 0 bridgehead atoms. The molecule has 0 aromatic heterocycles. The lowest BCUT2D eigenvalue weighted by Gasteiger charge is -2.37. The number of likely N-dealkylation sites (tertiary alicyclic amines) is 1.